The molecule has 1 aromatic carbocycles. The van der Waals surface area contributed by atoms with Crippen LogP contribution < -0.4 is 10.6 Å². The average molecular weight is 406 g/mol. The number of aromatic nitrogens is 2. The van der Waals surface area contributed by atoms with Crippen molar-refractivity contribution in [3.8, 4) is 11.3 Å². The fraction of sp³-hybridized carbons (Fsp3) is 0.174. The molecule has 3 N–H and O–H groups in total. The molecule has 1 atom stereocenters. The lowest BCUT2D eigenvalue weighted by atomic mass is 10.0. The molecule has 0 radical (unpaired) electrons. The summed E-state index contributed by atoms with van der Waals surface area (Å²) < 4.78 is 13.3. The van der Waals surface area contributed by atoms with Crippen LogP contribution in [0.1, 0.15) is 29.8 Å². The van der Waals surface area contributed by atoms with Crippen molar-refractivity contribution in [3.63, 3.8) is 0 Å². The number of nitrogens with one attached hydrogen (secondary N) is 2. The number of pyridine rings is 2. The molecule has 3 aromatic rings. The number of allylic oxidation sites excluding steroid dienone is 1. The number of hydrogen-bond donors (Lipinski definition) is 3. The van der Waals surface area contributed by atoms with E-state index in [0.717, 1.165) is 16.7 Å². The first-order valence-corrected chi connectivity index (χ1v) is 9.44. The topological polar surface area (TPSA) is 87.1 Å². The number of carbonyl (C=O) groups excluding carboxylic acids is 1. The Morgan fingerprint density at radius 1 is 1.17 bits per heavy atom. The van der Waals surface area contributed by atoms with Gasteiger partial charge in [-0.3, -0.25) is 14.8 Å². The van der Waals surface area contributed by atoms with E-state index < -0.39 is 6.10 Å². The Balaban J connectivity index is 1.97. The van der Waals surface area contributed by atoms with Crippen LogP contribution in [-0.4, -0.2) is 33.6 Å². The molecule has 0 aliphatic rings. The summed E-state index contributed by atoms with van der Waals surface area (Å²) in [6, 6.07) is 9.59. The van der Waals surface area contributed by atoms with Crippen LogP contribution in [0.15, 0.2) is 61.6 Å². The van der Waals surface area contributed by atoms with E-state index in [1.807, 2.05) is 13.0 Å². The Kier molecular flexibility index (Phi) is 6.54. The standard InChI is InChI=1S/C23H23FN4O2/c1-14(2)18-13-26-21(16-4-6-17(24)7-5-16)10-22(18)28-20-8-9-25-12-19(20)23(30)27-11-15(3)29/h4-10,12-13,15,29H,1,11H2,2-3H3,(H,27,30)(H,25,26,28). The Hall–Kier alpha value is -3.58. The minimum Gasteiger partial charge on any atom is -0.392 e. The zero-order valence-electron chi connectivity index (χ0n) is 16.8. The Bertz CT molecular complexity index is 1070. The fourth-order valence-electron chi connectivity index (χ4n) is 2.84. The number of halogens is 1. The van der Waals surface area contributed by atoms with Crippen molar-refractivity contribution in [2.75, 3.05) is 11.9 Å². The summed E-state index contributed by atoms with van der Waals surface area (Å²) in [5.74, 6) is -0.670. The van der Waals surface area contributed by atoms with Gasteiger partial charge in [0.15, 0.2) is 0 Å². The van der Waals surface area contributed by atoms with Gasteiger partial charge in [0.2, 0.25) is 0 Å². The van der Waals surface area contributed by atoms with Crippen LogP contribution in [0.5, 0.6) is 0 Å². The lowest BCUT2D eigenvalue weighted by Crippen LogP contribution is -2.31. The number of hydrogen-bond acceptors (Lipinski definition) is 5. The van der Waals surface area contributed by atoms with Gasteiger partial charge in [-0.25, -0.2) is 4.39 Å². The lowest BCUT2D eigenvalue weighted by Gasteiger charge is -2.16. The maximum Gasteiger partial charge on any atom is 0.255 e. The second-order valence-electron chi connectivity index (χ2n) is 7.01. The van der Waals surface area contributed by atoms with Gasteiger partial charge in [0.25, 0.3) is 5.91 Å². The minimum atomic E-state index is -0.657. The van der Waals surface area contributed by atoms with Gasteiger partial charge >= 0.3 is 0 Å². The number of benzene rings is 1. The zero-order valence-corrected chi connectivity index (χ0v) is 16.8. The van der Waals surface area contributed by atoms with Crippen molar-refractivity contribution >= 4 is 22.9 Å². The highest BCUT2D eigenvalue weighted by atomic mass is 19.1. The van der Waals surface area contributed by atoms with Crippen molar-refractivity contribution in [1.29, 1.82) is 0 Å². The molecule has 0 spiro atoms. The molecule has 3 rings (SSSR count). The van der Waals surface area contributed by atoms with E-state index >= 15 is 0 Å². The summed E-state index contributed by atoms with van der Waals surface area (Å²) in [4.78, 5) is 21.0. The highest BCUT2D eigenvalue weighted by Crippen LogP contribution is 2.30. The SMILES string of the molecule is C=C(C)c1cnc(-c2ccc(F)cc2)cc1Nc1ccncc1C(=O)NCC(C)O. The van der Waals surface area contributed by atoms with Gasteiger partial charge in [-0.05, 0) is 55.8 Å². The number of nitrogens with zero attached hydrogens (tertiary/aromatic N) is 2. The number of carbonyl (C=O) groups is 1. The van der Waals surface area contributed by atoms with Crippen molar-refractivity contribution in [2.45, 2.75) is 20.0 Å². The molecule has 0 aliphatic carbocycles. The molecule has 30 heavy (non-hydrogen) atoms. The maximum atomic E-state index is 13.3. The summed E-state index contributed by atoms with van der Waals surface area (Å²) in [7, 11) is 0. The van der Waals surface area contributed by atoms with Crippen LogP contribution in [0.4, 0.5) is 15.8 Å². The molecular formula is C23H23FN4O2. The number of rotatable bonds is 7. The quantitative estimate of drug-likeness (QED) is 0.548. The van der Waals surface area contributed by atoms with E-state index in [1.165, 1.54) is 18.3 Å². The van der Waals surface area contributed by atoms with Gasteiger partial charge in [-0.1, -0.05) is 6.58 Å². The second kappa shape index (κ2) is 9.28. The molecule has 7 heteroatoms. The molecule has 0 saturated carbocycles. The molecule has 2 aromatic heterocycles. The van der Waals surface area contributed by atoms with E-state index in [0.29, 0.717) is 22.6 Å². The van der Waals surface area contributed by atoms with Crippen molar-refractivity contribution < 1.29 is 14.3 Å². The van der Waals surface area contributed by atoms with Crippen LogP contribution in [0, 0.1) is 5.82 Å². The van der Waals surface area contributed by atoms with E-state index in [4.69, 9.17) is 0 Å². The summed E-state index contributed by atoms with van der Waals surface area (Å²) in [5.41, 5.74) is 4.58. The number of amides is 1. The van der Waals surface area contributed by atoms with E-state index in [2.05, 4.69) is 27.2 Å². The molecule has 0 saturated heterocycles. The van der Waals surface area contributed by atoms with E-state index in [1.54, 1.807) is 37.5 Å². The molecular weight excluding hydrogens is 383 g/mol. The number of aliphatic hydroxyl groups is 1. The zero-order chi connectivity index (χ0) is 21.7. The molecule has 0 fully saturated rings. The van der Waals surface area contributed by atoms with Crippen LogP contribution in [-0.2, 0) is 0 Å². The number of anilines is 2. The first-order chi connectivity index (χ1) is 14.3. The van der Waals surface area contributed by atoms with Crippen molar-refractivity contribution in [1.82, 2.24) is 15.3 Å². The number of aliphatic hydroxyl groups excluding tert-OH is 1. The average Bonchev–Trinajstić information content (AvgIpc) is 2.72. The van der Waals surface area contributed by atoms with Crippen LogP contribution in [0.3, 0.4) is 0 Å². The van der Waals surface area contributed by atoms with Crippen LogP contribution in [0.2, 0.25) is 0 Å². The largest absolute Gasteiger partial charge is 0.392 e. The minimum absolute atomic E-state index is 0.133. The predicted molar refractivity (Wildman–Crippen MR) is 116 cm³/mol. The summed E-state index contributed by atoms with van der Waals surface area (Å²) in [6.07, 6.45) is 4.08. The molecule has 2 heterocycles. The highest BCUT2D eigenvalue weighted by Gasteiger charge is 2.15. The smallest absolute Gasteiger partial charge is 0.255 e. The van der Waals surface area contributed by atoms with Gasteiger partial charge in [0, 0.05) is 41.9 Å². The maximum absolute atomic E-state index is 13.3. The summed E-state index contributed by atoms with van der Waals surface area (Å²) in [6.45, 7) is 7.59. The first kappa shape index (κ1) is 21.1. The van der Waals surface area contributed by atoms with Crippen LogP contribution >= 0.6 is 0 Å². The van der Waals surface area contributed by atoms with Gasteiger partial charge < -0.3 is 15.7 Å². The normalized spacial score (nSPS) is 11.6. The fourth-order valence-corrected chi connectivity index (χ4v) is 2.84. The highest BCUT2D eigenvalue weighted by molar-refractivity contribution is 6.00. The molecule has 0 aliphatic heterocycles. The Morgan fingerprint density at radius 3 is 2.57 bits per heavy atom. The third-order valence-corrected chi connectivity index (χ3v) is 4.40. The second-order valence-corrected chi connectivity index (χ2v) is 7.01. The molecule has 0 bridgehead atoms. The summed E-state index contributed by atoms with van der Waals surface area (Å²) in [5, 5.41) is 15.4. The van der Waals surface area contributed by atoms with Gasteiger partial charge in [0.1, 0.15) is 5.82 Å². The summed E-state index contributed by atoms with van der Waals surface area (Å²) >= 11 is 0. The molecule has 1 unspecified atom stereocenters. The first-order valence-electron chi connectivity index (χ1n) is 9.44. The van der Waals surface area contributed by atoms with Crippen molar-refractivity contribution in [2.24, 2.45) is 0 Å². The van der Waals surface area contributed by atoms with E-state index in [9.17, 15) is 14.3 Å². The Morgan fingerprint density at radius 2 is 1.90 bits per heavy atom. The van der Waals surface area contributed by atoms with Crippen LogP contribution in [0.25, 0.3) is 16.8 Å². The van der Waals surface area contributed by atoms with Gasteiger partial charge in [0.05, 0.1) is 23.0 Å². The molecule has 6 nitrogen and oxygen atoms in total. The van der Waals surface area contributed by atoms with Crippen molar-refractivity contribution in [3.05, 3.63) is 78.5 Å². The molecule has 154 valence electrons. The monoisotopic (exact) mass is 406 g/mol. The Labute approximate surface area is 174 Å². The predicted octanol–water partition coefficient (Wildman–Crippen LogP) is 4.17. The van der Waals surface area contributed by atoms with E-state index in [-0.39, 0.29) is 18.3 Å². The lowest BCUT2D eigenvalue weighted by molar-refractivity contribution is 0.0924. The van der Waals surface area contributed by atoms with Gasteiger partial charge in [-0.2, -0.15) is 0 Å². The molecule has 1 amide bonds. The third-order valence-electron chi connectivity index (χ3n) is 4.40. The third kappa shape index (κ3) is 5.07. The van der Waals surface area contributed by atoms with Gasteiger partial charge in [-0.15, -0.1) is 0 Å².